The van der Waals surface area contributed by atoms with Gasteiger partial charge in [0.05, 0.1) is 0 Å². The molecule has 0 aliphatic rings. The SMILES string of the molecule is CCCCCCCCCCCCCCCC[O][Al]([Cl])[CH2]C(C)C. The molecule has 0 unspecified atom stereocenters. The Labute approximate surface area is 155 Å². The molecule has 0 saturated heterocycles. The average Bonchev–Trinajstić information content (AvgIpc) is 2.50. The summed E-state index contributed by atoms with van der Waals surface area (Å²) in [7, 11) is 6.25. The molecule has 0 aromatic rings. The zero-order chi connectivity index (χ0) is 17.2. The number of hydrogen-bond acceptors (Lipinski definition) is 1. The Morgan fingerprint density at radius 1 is 0.696 bits per heavy atom. The van der Waals surface area contributed by atoms with Gasteiger partial charge in [0.25, 0.3) is 0 Å². The molecule has 0 aliphatic carbocycles. The minimum atomic E-state index is -1.38. The van der Waals surface area contributed by atoms with Crippen LogP contribution in [0.4, 0.5) is 0 Å². The molecule has 0 aromatic heterocycles. The van der Waals surface area contributed by atoms with Gasteiger partial charge in [0.15, 0.2) is 0 Å². The van der Waals surface area contributed by atoms with Crippen molar-refractivity contribution in [3.05, 3.63) is 0 Å². The van der Waals surface area contributed by atoms with Crippen LogP contribution in [0.3, 0.4) is 0 Å². The highest BCUT2D eigenvalue weighted by Gasteiger charge is 2.18. The molecule has 0 amide bonds. The van der Waals surface area contributed by atoms with Crippen LogP contribution in [0.5, 0.6) is 0 Å². The maximum atomic E-state index is 6.25. The molecule has 0 atom stereocenters. The normalized spacial score (nSPS) is 11.3. The molecule has 23 heavy (non-hydrogen) atoms. The third-order valence-corrected chi connectivity index (χ3v) is 7.28. The summed E-state index contributed by atoms with van der Waals surface area (Å²) in [6.45, 7) is 7.62. The van der Waals surface area contributed by atoms with Gasteiger partial charge < -0.3 is 3.79 Å². The van der Waals surface area contributed by atoms with Gasteiger partial charge in [0.2, 0.25) is 0 Å². The van der Waals surface area contributed by atoms with E-state index in [0.717, 1.165) is 11.9 Å². The van der Waals surface area contributed by atoms with Crippen LogP contribution < -0.4 is 0 Å². The summed E-state index contributed by atoms with van der Waals surface area (Å²) in [5.74, 6) is 0.681. The molecular formula is C20H42AlClO. The van der Waals surface area contributed by atoms with Crippen molar-refractivity contribution >= 4 is 23.6 Å². The monoisotopic (exact) mass is 360 g/mol. The zero-order valence-corrected chi connectivity index (χ0v) is 18.2. The van der Waals surface area contributed by atoms with Crippen molar-refractivity contribution in [3.63, 3.8) is 0 Å². The fraction of sp³-hybridized carbons (Fsp3) is 1.00. The molecule has 0 saturated carbocycles. The lowest BCUT2D eigenvalue weighted by Crippen LogP contribution is -2.13. The summed E-state index contributed by atoms with van der Waals surface area (Å²) in [4.78, 5) is 0. The van der Waals surface area contributed by atoms with Crippen molar-refractivity contribution in [3.8, 4) is 0 Å². The van der Waals surface area contributed by atoms with Gasteiger partial charge in [-0.05, 0) is 6.42 Å². The number of halogens is 1. The van der Waals surface area contributed by atoms with Crippen LogP contribution in [0, 0.1) is 5.92 Å². The van der Waals surface area contributed by atoms with Crippen LogP contribution in [0.25, 0.3) is 0 Å². The Balaban J connectivity index is 3.05. The second kappa shape index (κ2) is 19.1. The summed E-state index contributed by atoms with van der Waals surface area (Å²) in [6.07, 6.45) is 19.7. The highest BCUT2D eigenvalue weighted by atomic mass is 35.6. The minimum Gasteiger partial charge on any atom is -0.489 e. The van der Waals surface area contributed by atoms with E-state index in [9.17, 15) is 0 Å². The van der Waals surface area contributed by atoms with Gasteiger partial charge >= 0.3 is 13.6 Å². The lowest BCUT2D eigenvalue weighted by atomic mass is 10.0. The first-order valence-electron chi connectivity index (χ1n) is 10.4. The van der Waals surface area contributed by atoms with Crippen LogP contribution >= 0.6 is 10.0 Å². The molecule has 3 heteroatoms. The van der Waals surface area contributed by atoms with Gasteiger partial charge in [0, 0.05) is 6.61 Å². The third-order valence-electron chi connectivity index (χ3n) is 4.45. The van der Waals surface area contributed by atoms with E-state index in [4.69, 9.17) is 13.8 Å². The van der Waals surface area contributed by atoms with Crippen molar-refractivity contribution in [2.24, 2.45) is 5.92 Å². The smallest absolute Gasteiger partial charge is 0.489 e. The van der Waals surface area contributed by atoms with Crippen molar-refractivity contribution < 1.29 is 3.79 Å². The lowest BCUT2D eigenvalue weighted by molar-refractivity contribution is 0.312. The van der Waals surface area contributed by atoms with Crippen molar-refractivity contribution in [1.82, 2.24) is 0 Å². The summed E-state index contributed by atoms with van der Waals surface area (Å²) in [6, 6.07) is 0. The first kappa shape index (κ1) is 23.8. The Morgan fingerprint density at radius 3 is 1.48 bits per heavy atom. The maximum Gasteiger partial charge on any atom is 0.591 e. The lowest BCUT2D eigenvalue weighted by Gasteiger charge is -2.09. The summed E-state index contributed by atoms with van der Waals surface area (Å²) in [5.41, 5.74) is 0. The molecule has 1 nitrogen and oxygen atoms in total. The summed E-state index contributed by atoms with van der Waals surface area (Å²) < 4.78 is 5.76. The molecule has 0 aliphatic heterocycles. The van der Waals surface area contributed by atoms with E-state index in [1.807, 2.05) is 0 Å². The number of hydrogen-bond donors (Lipinski definition) is 0. The quantitative estimate of drug-likeness (QED) is 0.178. The fourth-order valence-corrected chi connectivity index (χ4v) is 5.58. The highest BCUT2D eigenvalue weighted by Crippen LogP contribution is 2.14. The first-order valence-corrected chi connectivity index (χ1v) is 13.5. The Hall–Kier alpha value is 0.782. The van der Waals surface area contributed by atoms with Crippen LogP contribution in [0.1, 0.15) is 111 Å². The molecule has 0 heterocycles. The number of unbranched alkanes of at least 4 members (excludes halogenated alkanes) is 13. The van der Waals surface area contributed by atoms with Crippen molar-refractivity contribution in [1.29, 1.82) is 0 Å². The van der Waals surface area contributed by atoms with E-state index >= 15 is 0 Å². The van der Waals surface area contributed by atoms with E-state index in [-0.39, 0.29) is 0 Å². The van der Waals surface area contributed by atoms with Crippen molar-refractivity contribution in [2.75, 3.05) is 6.61 Å². The average molecular weight is 361 g/mol. The van der Waals surface area contributed by atoms with Crippen LogP contribution in [-0.4, -0.2) is 20.2 Å². The summed E-state index contributed by atoms with van der Waals surface area (Å²) >= 11 is -1.38. The third kappa shape index (κ3) is 20.7. The van der Waals surface area contributed by atoms with E-state index in [0.29, 0.717) is 5.92 Å². The standard InChI is InChI=1S/C16H33O.C4H9.Al.ClH/c1-2-3-4-5-6-7-8-9-10-11-12-13-14-15-16-17;1-4(2)3;;/h2-16H2,1H3;4H,1H2,2-3H3;;1H/q-1;;+2;/p-1. The minimum absolute atomic E-state index is 0.681. The molecule has 0 fully saturated rings. The van der Waals surface area contributed by atoms with Gasteiger partial charge in [0.1, 0.15) is 0 Å². The van der Waals surface area contributed by atoms with Gasteiger partial charge in [-0.3, -0.25) is 0 Å². The van der Waals surface area contributed by atoms with E-state index in [2.05, 4.69) is 20.8 Å². The second-order valence-electron chi connectivity index (χ2n) is 7.51. The molecule has 138 valence electrons. The highest BCUT2D eigenvalue weighted by molar-refractivity contribution is 7.03. The molecule has 0 radical (unpaired) electrons. The second-order valence-corrected chi connectivity index (χ2v) is 10.6. The van der Waals surface area contributed by atoms with Crippen LogP contribution in [0.15, 0.2) is 0 Å². The molecule has 0 bridgehead atoms. The van der Waals surface area contributed by atoms with E-state index < -0.39 is 13.6 Å². The van der Waals surface area contributed by atoms with Gasteiger partial charge in [-0.15, -0.1) is 0 Å². The Kier molecular flexibility index (Phi) is 19.8. The van der Waals surface area contributed by atoms with Crippen molar-refractivity contribution in [2.45, 2.75) is 116 Å². The van der Waals surface area contributed by atoms with E-state index in [1.54, 1.807) is 0 Å². The largest absolute Gasteiger partial charge is 0.591 e. The predicted octanol–water partition coefficient (Wildman–Crippen LogP) is 7.87. The molecule has 0 aromatic carbocycles. The fourth-order valence-electron chi connectivity index (χ4n) is 2.95. The Morgan fingerprint density at radius 2 is 1.09 bits per heavy atom. The molecular weight excluding hydrogens is 319 g/mol. The topological polar surface area (TPSA) is 9.23 Å². The predicted molar refractivity (Wildman–Crippen MR) is 108 cm³/mol. The van der Waals surface area contributed by atoms with Crippen LogP contribution in [0.2, 0.25) is 5.28 Å². The zero-order valence-electron chi connectivity index (χ0n) is 16.3. The first-order chi connectivity index (χ1) is 11.2. The molecule has 0 spiro atoms. The summed E-state index contributed by atoms with van der Waals surface area (Å²) in [5, 5.41) is 1.10. The van der Waals surface area contributed by atoms with Gasteiger partial charge in [-0.1, -0.05) is 115 Å². The Bertz CT molecular complexity index is 224. The maximum absolute atomic E-state index is 6.25. The van der Waals surface area contributed by atoms with Gasteiger partial charge in [-0.25, -0.2) is 10.0 Å². The van der Waals surface area contributed by atoms with Crippen LogP contribution in [-0.2, 0) is 3.79 Å². The molecule has 0 rings (SSSR count). The molecule has 0 N–H and O–H groups in total. The van der Waals surface area contributed by atoms with E-state index in [1.165, 1.54) is 89.9 Å². The number of rotatable bonds is 18. The van der Waals surface area contributed by atoms with Gasteiger partial charge in [-0.2, -0.15) is 0 Å².